The molecule has 1 heterocycles. The summed E-state index contributed by atoms with van der Waals surface area (Å²) in [5.41, 5.74) is 3.35. The number of benzene rings is 3. The Bertz CT molecular complexity index is 1860. The maximum atomic E-state index is 13.5. The molecular weight excluding hydrogens is 655 g/mol. The third-order valence-electron chi connectivity index (χ3n) is 8.53. The summed E-state index contributed by atoms with van der Waals surface area (Å²) in [5.74, 6) is -1.09. The van der Waals surface area contributed by atoms with Crippen molar-refractivity contribution in [1.82, 2.24) is 5.32 Å². The van der Waals surface area contributed by atoms with Crippen molar-refractivity contribution < 1.29 is 23.9 Å². The number of carbonyl (C=O) groups is 4. The van der Waals surface area contributed by atoms with E-state index in [-0.39, 0.29) is 17.0 Å². The van der Waals surface area contributed by atoms with Gasteiger partial charge >= 0.3 is 5.97 Å². The van der Waals surface area contributed by atoms with Gasteiger partial charge in [-0.3, -0.25) is 14.4 Å². The van der Waals surface area contributed by atoms with Gasteiger partial charge in [-0.1, -0.05) is 75.4 Å². The number of fused-ring (bicyclic) bond motifs is 1. The summed E-state index contributed by atoms with van der Waals surface area (Å²) in [6.07, 6.45) is 4.24. The van der Waals surface area contributed by atoms with Gasteiger partial charge in [-0.05, 0) is 85.1 Å². The molecule has 0 saturated carbocycles. The number of hydrogen-bond donors (Lipinski definition) is 3. The van der Waals surface area contributed by atoms with Crippen molar-refractivity contribution in [3.05, 3.63) is 118 Å². The molecule has 1 aliphatic rings. The molecule has 0 bridgehead atoms. The molecule has 8 nitrogen and oxygen atoms in total. The van der Waals surface area contributed by atoms with Crippen LogP contribution in [0.4, 0.5) is 10.7 Å². The van der Waals surface area contributed by atoms with Gasteiger partial charge in [0.15, 0.2) is 0 Å². The summed E-state index contributed by atoms with van der Waals surface area (Å²) in [6.45, 7) is 8.52. The Kier molecular flexibility index (Phi) is 11.4. The smallest absolute Gasteiger partial charge is 0.341 e. The van der Waals surface area contributed by atoms with Crippen molar-refractivity contribution in [2.45, 2.75) is 57.1 Å². The number of carbonyl (C=O) groups excluding carboxylic acids is 4. The maximum absolute atomic E-state index is 13.5. The van der Waals surface area contributed by atoms with Crippen LogP contribution in [0.3, 0.4) is 0 Å². The minimum Gasteiger partial charge on any atom is -0.465 e. The summed E-state index contributed by atoms with van der Waals surface area (Å²) < 4.78 is 5.12. The zero-order valence-corrected chi connectivity index (χ0v) is 29.9. The molecule has 0 spiro atoms. The molecule has 49 heavy (non-hydrogen) atoms. The number of esters is 1. The first-order valence-electron chi connectivity index (χ1n) is 16.2. The molecule has 3 N–H and O–H groups in total. The van der Waals surface area contributed by atoms with Crippen LogP contribution in [-0.4, -0.2) is 36.1 Å². The third kappa shape index (κ3) is 9.07. The van der Waals surface area contributed by atoms with E-state index in [4.69, 9.17) is 4.74 Å². The number of rotatable bonds is 10. The lowest BCUT2D eigenvalue weighted by molar-refractivity contribution is -0.115. The van der Waals surface area contributed by atoms with Crippen LogP contribution in [0.1, 0.15) is 70.8 Å². The second kappa shape index (κ2) is 15.7. The largest absolute Gasteiger partial charge is 0.465 e. The van der Waals surface area contributed by atoms with E-state index in [0.717, 1.165) is 40.2 Å². The number of methoxy groups -OCH3 is 1. The molecule has 1 aliphatic carbocycles. The molecule has 0 radical (unpaired) electrons. The van der Waals surface area contributed by atoms with Gasteiger partial charge in [0.25, 0.3) is 11.8 Å². The Morgan fingerprint density at radius 3 is 2.31 bits per heavy atom. The summed E-state index contributed by atoms with van der Waals surface area (Å²) in [4.78, 5) is 54.7. The topological polar surface area (TPSA) is 114 Å². The van der Waals surface area contributed by atoms with Gasteiger partial charge in [0.05, 0.1) is 17.9 Å². The van der Waals surface area contributed by atoms with Crippen molar-refractivity contribution >= 4 is 63.6 Å². The number of nitrogens with one attached hydrogen (secondary N) is 3. The van der Waals surface area contributed by atoms with E-state index in [1.165, 1.54) is 30.2 Å². The molecule has 3 aromatic carbocycles. The fraction of sp³-hybridized carbons (Fsp3) is 0.282. The fourth-order valence-electron chi connectivity index (χ4n) is 5.71. The Hall–Kier alpha value is -4.67. The number of ether oxygens (including phenoxy) is 1. The molecule has 2 unspecified atom stereocenters. The minimum atomic E-state index is -0.517. The highest BCUT2D eigenvalue weighted by Crippen LogP contribution is 2.44. The zero-order chi connectivity index (χ0) is 35.1. The highest BCUT2D eigenvalue weighted by molar-refractivity contribution is 8.00. The van der Waals surface area contributed by atoms with E-state index in [0.29, 0.717) is 27.7 Å². The van der Waals surface area contributed by atoms with E-state index in [1.807, 2.05) is 42.5 Å². The van der Waals surface area contributed by atoms with Gasteiger partial charge in [-0.25, -0.2) is 4.79 Å². The fourth-order valence-corrected chi connectivity index (χ4v) is 7.95. The van der Waals surface area contributed by atoms with Crippen molar-refractivity contribution in [2.75, 3.05) is 17.7 Å². The lowest BCUT2D eigenvalue weighted by Gasteiger charge is -2.33. The van der Waals surface area contributed by atoms with Crippen LogP contribution in [-0.2, 0) is 27.2 Å². The molecule has 0 aliphatic heterocycles. The van der Waals surface area contributed by atoms with Crippen molar-refractivity contribution in [2.24, 2.45) is 11.3 Å². The maximum Gasteiger partial charge on any atom is 0.341 e. The molecule has 0 saturated heterocycles. The summed E-state index contributed by atoms with van der Waals surface area (Å²) in [6, 6.07) is 25.1. The van der Waals surface area contributed by atoms with Gasteiger partial charge in [0.2, 0.25) is 5.91 Å². The van der Waals surface area contributed by atoms with Crippen LogP contribution in [0.2, 0.25) is 0 Å². The summed E-state index contributed by atoms with van der Waals surface area (Å²) in [5, 5.41) is 8.66. The standard InChI is InChI=1S/C39H41N3O5S2/c1-24(34(43)42-37-33(38(46)47-5)30-20-19-27(39(2,3)4)22-32(30)49-37)48-29-18-12-17-28(23-29)40-36(45)31(21-25-13-8-6-9-14-25)41-35(44)26-15-10-7-11-16-26/h6-18,21,23-24,27H,19-20,22H2,1-5H3,(H,40,45)(H,41,44)(H,42,43)/b31-21-. The summed E-state index contributed by atoms with van der Waals surface area (Å²) >= 11 is 2.80. The summed E-state index contributed by atoms with van der Waals surface area (Å²) in [7, 11) is 1.36. The first kappa shape index (κ1) is 35.6. The number of thioether (sulfide) groups is 1. The molecular formula is C39H41N3O5S2. The number of anilines is 2. The van der Waals surface area contributed by atoms with Crippen molar-refractivity contribution in [1.29, 1.82) is 0 Å². The quantitative estimate of drug-likeness (QED) is 0.0876. The molecule has 1 aromatic heterocycles. The zero-order valence-electron chi connectivity index (χ0n) is 28.3. The molecule has 3 amide bonds. The van der Waals surface area contributed by atoms with Crippen LogP contribution >= 0.6 is 23.1 Å². The predicted molar refractivity (Wildman–Crippen MR) is 198 cm³/mol. The van der Waals surface area contributed by atoms with E-state index in [2.05, 4.69) is 36.7 Å². The monoisotopic (exact) mass is 695 g/mol. The Morgan fingerprint density at radius 2 is 1.63 bits per heavy atom. The van der Waals surface area contributed by atoms with Crippen LogP contribution in [0.5, 0.6) is 0 Å². The van der Waals surface area contributed by atoms with Gasteiger partial charge in [-0.2, -0.15) is 0 Å². The molecule has 5 rings (SSSR count). The van der Waals surface area contributed by atoms with E-state index < -0.39 is 23.0 Å². The molecule has 10 heteroatoms. The number of thiophene rings is 1. The molecule has 4 aromatic rings. The Morgan fingerprint density at radius 1 is 0.939 bits per heavy atom. The number of amides is 3. The van der Waals surface area contributed by atoms with Crippen molar-refractivity contribution in [3.63, 3.8) is 0 Å². The average molecular weight is 696 g/mol. The second-order valence-corrected chi connectivity index (χ2v) is 15.5. The molecule has 254 valence electrons. The Labute approximate surface area is 295 Å². The van der Waals surface area contributed by atoms with Gasteiger partial charge in [0, 0.05) is 21.0 Å². The first-order chi connectivity index (χ1) is 23.4. The second-order valence-electron chi connectivity index (χ2n) is 13.0. The van der Waals surface area contributed by atoms with Gasteiger partial charge in [-0.15, -0.1) is 23.1 Å². The molecule has 0 fully saturated rings. The lowest BCUT2D eigenvalue weighted by atomic mass is 9.72. The highest BCUT2D eigenvalue weighted by Gasteiger charge is 2.34. The number of hydrogen-bond acceptors (Lipinski definition) is 7. The van der Waals surface area contributed by atoms with Gasteiger partial charge in [0.1, 0.15) is 10.7 Å². The van der Waals surface area contributed by atoms with Crippen LogP contribution in [0, 0.1) is 11.3 Å². The van der Waals surface area contributed by atoms with E-state index in [9.17, 15) is 19.2 Å². The molecule has 2 atom stereocenters. The minimum absolute atomic E-state index is 0.0831. The highest BCUT2D eigenvalue weighted by atomic mass is 32.2. The SMILES string of the molecule is COC(=O)c1c(NC(=O)C(C)Sc2cccc(NC(=O)/C(=C/c3ccccc3)NC(=O)c3ccccc3)c2)sc2c1CCC(C(C)(C)C)C2. The van der Waals surface area contributed by atoms with E-state index in [1.54, 1.807) is 55.5 Å². The van der Waals surface area contributed by atoms with Crippen LogP contribution in [0.15, 0.2) is 95.5 Å². The van der Waals surface area contributed by atoms with Gasteiger partial charge < -0.3 is 20.7 Å². The first-order valence-corrected chi connectivity index (χ1v) is 17.9. The average Bonchev–Trinajstić information content (AvgIpc) is 3.45. The van der Waals surface area contributed by atoms with Crippen LogP contribution in [0.25, 0.3) is 6.08 Å². The Balaban J connectivity index is 1.28. The van der Waals surface area contributed by atoms with Crippen LogP contribution < -0.4 is 16.0 Å². The predicted octanol–water partition coefficient (Wildman–Crippen LogP) is 8.21. The third-order valence-corrected chi connectivity index (χ3v) is 10.8. The van der Waals surface area contributed by atoms with E-state index >= 15 is 0 Å². The normalized spacial score (nSPS) is 15.0. The van der Waals surface area contributed by atoms with Crippen molar-refractivity contribution in [3.8, 4) is 0 Å². The lowest BCUT2D eigenvalue weighted by Crippen LogP contribution is -2.30.